The Morgan fingerprint density at radius 3 is 2.71 bits per heavy atom. The standard InChI is InChI=1S/C22H26N4O4S/c27-22-13-15-5-1-3-7-19(15)23-26(22)17-11-9-16(10-12-17)25-31(28,29)14-20-18-6-2-4-8-21(18)30-24-20/h2,4,6,8,13,16-17,25H,1,3,5,7,9-12,14H2. The molecule has 1 fully saturated rings. The van der Waals surface area contributed by atoms with Gasteiger partial charge in [0, 0.05) is 17.5 Å². The number of nitrogens with zero attached hydrogens (tertiary/aromatic N) is 3. The van der Waals surface area contributed by atoms with Gasteiger partial charge in [0.1, 0.15) is 11.4 Å². The van der Waals surface area contributed by atoms with E-state index in [1.165, 1.54) is 0 Å². The van der Waals surface area contributed by atoms with Gasteiger partial charge < -0.3 is 4.52 Å². The molecule has 31 heavy (non-hydrogen) atoms. The lowest BCUT2D eigenvalue weighted by atomic mass is 9.91. The zero-order valence-electron chi connectivity index (χ0n) is 17.3. The highest BCUT2D eigenvalue weighted by atomic mass is 32.2. The van der Waals surface area contributed by atoms with Crippen molar-refractivity contribution in [3.8, 4) is 0 Å². The summed E-state index contributed by atoms with van der Waals surface area (Å²) in [5.41, 5.74) is 3.10. The summed E-state index contributed by atoms with van der Waals surface area (Å²) in [6.45, 7) is 0. The maximum atomic E-state index is 12.7. The van der Waals surface area contributed by atoms with Crippen LogP contribution in [0.4, 0.5) is 0 Å². The molecule has 0 spiro atoms. The van der Waals surface area contributed by atoms with E-state index in [1.54, 1.807) is 16.8 Å². The number of nitrogens with one attached hydrogen (secondary N) is 1. The van der Waals surface area contributed by atoms with Gasteiger partial charge in [0.25, 0.3) is 5.56 Å². The predicted octanol–water partition coefficient (Wildman–Crippen LogP) is 2.87. The van der Waals surface area contributed by atoms with Crippen molar-refractivity contribution in [2.45, 2.75) is 69.2 Å². The summed E-state index contributed by atoms with van der Waals surface area (Å²) in [7, 11) is -3.55. The first-order valence-electron chi connectivity index (χ1n) is 10.9. The van der Waals surface area contributed by atoms with Crippen LogP contribution in [0.5, 0.6) is 0 Å². The Hall–Kier alpha value is -2.52. The average molecular weight is 443 g/mol. The molecule has 0 bridgehead atoms. The van der Waals surface area contributed by atoms with Crippen LogP contribution >= 0.6 is 0 Å². The molecule has 5 rings (SSSR count). The smallest absolute Gasteiger partial charge is 0.267 e. The molecule has 1 saturated carbocycles. The Labute approximate surface area is 180 Å². The molecule has 0 amide bonds. The molecule has 1 aromatic carbocycles. The second-order valence-corrected chi connectivity index (χ2v) is 10.4. The Morgan fingerprint density at radius 2 is 1.87 bits per heavy atom. The molecule has 2 aliphatic rings. The Balaban J connectivity index is 1.23. The summed E-state index contributed by atoms with van der Waals surface area (Å²) in [6, 6.07) is 8.87. The first-order chi connectivity index (χ1) is 15.0. The van der Waals surface area contributed by atoms with Crippen molar-refractivity contribution in [1.29, 1.82) is 0 Å². The SMILES string of the molecule is O=c1cc2c(nn1C1CCC(NS(=O)(=O)Cc3noc4ccccc34)CC1)CCCC2. The summed E-state index contributed by atoms with van der Waals surface area (Å²) in [4.78, 5) is 12.6. The number of rotatable bonds is 5. The van der Waals surface area contributed by atoms with Crippen LogP contribution in [0.25, 0.3) is 11.0 Å². The maximum absolute atomic E-state index is 12.7. The summed E-state index contributed by atoms with van der Waals surface area (Å²) in [5, 5.41) is 9.31. The molecular weight excluding hydrogens is 416 g/mol. The minimum Gasteiger partial charge on any atom is -0.356 e. The van der Waals surface area contributed by atoms with E-state index < -0.39 is 10.0 Å². The number of sulfonamides is 1. The summed E-state index contributed by atoms with van der Waals surface area (Å²) in [6.07, 6.45) is 6.91. The third-order valence-electron chi connectivity index (χ3n) is 6.40. The zero-order valence-corrected chi connectivity index (χ0v) is 18.1. The highest BCUT2D eigenvalue weighted by Gasteiger charge is 2.28. The van der Waals surface area contributed by atoms with Gasteiger partial charge in [-0.25, -0.2) is 17.8 Å². The normalized spacial score (nSPS) is 21.8. The van der Waals surface area contributed by atoms with Crippen LogP contribution in [0.15, 0.2) is 39.6 Å². The van der Waals surface area contributed by atoms with Crippen LogP contribution in [-0.2, 0) is 28.6 Å². The lowest BCUT2D eigenvalue weighted by Crippen LogP contribution is -2.40. The molecule has 9 heteroatoms. The average Bonchev–Trinajstić information content (AvgIpc) is 3.16. The van der Waals surface area contributed by atoms with E-state index in [9.17, 15) is 13.2 Å². The molecule has 0 atom stereocenters. The molecular formula is C22H26N4O4S. The van der Waals surface area contributed by atoms with E-state index in [1.807, 2.05) is 18.2 Å². The van der Waals surface area contributed by atoms with E-state index >= 15 is 0 Å². The number of para-hydroxylation sites is 1. The number of benzene rings is 1. The van der Waals surface area contributed by atoms with Gasteiger partial charge in [-0.15, -0.1) is 0 Å². The summed E-state index contributed by atoms with van der Waals surface area (Å²) >= 11 is 0. The Bertz CT molecular complexity index is 1260. The van der Waals surface area contributed by atoms with Crippen molar-refractivity contribution in [2.75, 3.05) is 0 Å². The van der Waals surface area contributed by atoms with Gasteiger partial charge in [-0.3, -0.25) is 4.79 Å². The highest BCUT2D eigenvalue weighted by molar-refractivity contribution is 7.88. The van der Waals surface area contributed by atoms with Crippen LogP contribution in [0.2, 0.25) is 0 Å². The van der Waals surface area contributed by atoms with Crippen LogP contribution in [0.3, 0.4) is 0 Å². The van der Waals surface area contributed by atoms with Gasteiger partial charge in [0.2, 0.25) is 10.0 Å². The van der Waals surface area contributed by atoms with Crippen LogP contribution in [0, 0.1) is 0 Å². The third kappa shape index (κ3) is 4.29. The van der Waals surface area contributed by atoms with Gasteiger partial charge in [0.05, 0.1) is 11.7 Å². The Kier molecular flexibility index (Phi) is 5.39. The van der Waals surface area contributed by atoms with E-state index in [4.69, 9.17) is 4.52 Å². The fourth-order valence-corrected chi connectivity index (χ4v) is 6.19. The molecule has 0 radical (unpaired) electrons. The van der Waals surface area contributed by atoms with Gasteiger partial charge in [-0.05, 0) is 69.1 Å². The minimum atomic E-state index is -3.55. The fraction of sp³-hybridized carbons (Fsp3) is 0.500. The van der Waals surface area contributed by atoms with Crippen molar-refractivity contribution in [2.24, 2.45) is 0 Å². The molecule has 0 unspecified atom stereocenters. The van der Waals surface area contributed by atoms with Gasteiger partial charge >= 0.3 is 0 Å². The molecule has 0 aliphatic heterocycles. The Morgan fingerprint density at radius 1 is 1.10 bits per heavy atom. The van der Waals surface area contributed by atoms with Gasteiger partial charge in [-0.2, -0.15) is 5.10 Å². The number of aryl methyl sites for hydroxylation is 2. The van der Waals surface area contributed by atoms with Crippen molar-refractivity contribution < 1.29 is 12.9 Å². The van der Waals surface area contributed by atoms with E-state index in [-0.39, 0.29) is 23.4 Å². The minimum absolute atomic E-state index is 0.0277. The second kappa shape index (κ2) is 8.20. The monoisotopic (exact) mass is 442 g/mol. The molecule has 2 aliphatic carbocycles. The lowest BCUT2D eigenvalue weighted by Gasteiger charge is -2.30. The van der Waals surface area contributed by atoms with Crippen LogP contribution in [0.1, 0.15) is 61.5 Å². The molecule has 3 aromatic rings. The van der Waals surface area contributed by atoms with Crippen molar-refractivity contribution in [3.63, 3.8) is 0 Å². The highest BCUT2D eigenvalue weighted by Crippen LogP contribution is 2.29. The molecule has 2 aromatic heterocycles. The summed E-state index contributed by atoms with van der Waals surface area (Å²) in [5.74, 6) is -0.213. The summed E-state index contributed by atoms with van der Waals surface area (Å²) < 4.78 is 35.1. The van der Waals surface area contributed by atoms with Gasteiger partial charge in [0.15, 0.2) is 5.58 Å². The first-order valence-corrected chi connectivity index (χ1v) is 12.6. The first kappa shape index (κ1) is 20.4. The molecule has 0 saturated heterocycles. The number of hydrogen-bond acceptors (Lipinski definition) is 6. The van der Waals surface area contributed by atoms with Crippen LogP contribution in [-0.4, -0.2) is 29.4 Å². The van der Waals surface area contributed by atoms with Crippen molar-refractivity contribution in [1.82, 2.24) is 19.7 Å². The van der Waals surface area contributed by atoms with Crippen LogP contribution < -0.4 is 10.3 Å². The van der Waals surface area contributed by atoms with E-state index in [0.717, 1.165) is 55.2 Å². The lowest BCUT2D eigenvalue weighted by molar-refractivity contribution is 0.282. The molecule has 8 nitrogen and oxygen atoms in total. The zero-order chi connectivity index (χ0) is 21.4. The number of aromatic nitrogens is 3. The fourth-order valence-electron chi connectivity index (χ4n) is 4.79. The topological polar surface area (TPSA) is 107 Å². The van der Waals surface area contributed by atoms with Crippen molar-refractivity contribution in [3.05, 3.63) is 57.6 Å². The second-order valence-electron chi connectivity index (χ2n) is 8.61. The maximum Gasteiger partial charge on any atom is 0.267 e. The predicted molar refractivity (Wildman–Crippen MR) is 116 cm³/mol. The molecule has 2 heterocycles. The largest absolute Gasteiger partial charge is 0.356 e. The number of hydrogen-bond donors (Lipinski definition) is 1. The number of fused-ring (bicyclic) bond motifs is 2. The molecule has 164 valence electrons. The van der Waals surface area contributed by atoms with E-state index in [2.05, 4.69) is 15.0 Å². The van der Waals surface area contributed by atoms with Crippen molar-refractivity contribution >= 4 is 21.0 Å². The molecule has 1 N–H and O–H groups in total. The third-order valence-corrected chi connectivity index (χ3v) is 7.75. The van der Waals surface area contributed by atoms with E-state index in [0.29, 0.717) is 24.1 Å². The van der Waals surface area contributed by atoms with Gasteiger partial charge in [-0.1, -0.05) is 17.3 Å². The quantitative estimate of drug-likeness (QED) is 0.651.